The molecule has 0 aliphatic carbocycles. The van der Waals surface area contributed by atoms with Crippen molar-refractivity contribution in [3.63, 3.8) is 0 Å². The average molecular weight is 374 g/mol. The fourth-order valence-corrected chi connectivity index (χ4v) is 2.67. The lowest BCUT2D eigenvalue weighted by atomic mass is 10.2. The van der Waals surface area contributed by atoms with Crippen molar-refractivity contribution in [3.05, 3.63) is 33.4 Å². The van der Waals surface area contributed by atoms with Crippen LogP contribution in [0, 0.1) is 3.57 Å². The number of aliphatic hydroxyl groups is 1. The molecule has 0 unspecified atom stereocenters. The molecular weight excluding hydrogens is 355 g/mol. The second kappa shape index (κ2) is 7.21. The summed E-state index contributed by atoms with van der Waals surface area (Å²) >= 11 is 2.24. The molecule has 1 aliphatic rings. The molecule has 1 amide bonds. The highest BCUT2D eigenvalue weighted by atomic mass is 127. The van der Waals surface area contributed by atoms with E-state index in [2.05, 4.69) is 27.5 Å². The SMILES string of the molecule is O=C(c1ccc(I)cc1)N1CCCN(CCO)CC1. The van der Waals surface area contributed by atoms with Crippen molar-refractivity contribution in [3.8, 4) is 0 Å². The molecule has 19 heavy (non-hydrogen) atoms. The van der Waals surface area contributed by atoms with Crippen molar-refractivity contribution in [1.29, 1.82) is 0 Å². The number of β-amino-alcohol motifs (C(OH)–C–C–N with tert-alkyl or cyclic N) is 1. The van der Waals surface area contributed by atoms with Crippen LogP contribution in [0.1, 0.15) is 16.8 Å². The van der Waals surface area contributed by atoms with Gasteiger partial charge in [-0.25, -0.2) is 0 Å². The first-order valence-corrected chi connectivity index (χ1v) is 7.66. The van der Waals surface area contributed by atoms with Crippen molar-refractivity contribution in [2.45, 2.75) is 6.42 Å². The second-order valence-corrected chi connectivity index (χ2v) is 5.96. The third kappa shape index (κ3) is 4.15. The predicted molar refractivity (Wildman–Crippen MR) is 83.2 cm³/mol. The van der Waals surface area contributed by atoms with E-state index < -0.39 is 0 Å². The third-order valence-electron chi connectivity index (χ3n) is 3.38. The molecule has 5 heteroatoms. The van der Waals surface area contributed by atoms with E-state index in [0.29, 0.717) is 6.54 Å². The Labute approximate surface area is 127 Å². The van der Waals surface area contributed by atoms with Gasteiger partial charge in [-0.3, -0.25) is 9.69 Å². The van der Waals surface area contributed by atoms with Crippen LogP contribution < -0.4 is 0 Å². The molecule has 1 heterocycles. The minimum absolute atomic E-state index is 0.113. The van der Waals surface area contributed by atoms with Gasteiger partial charge in [0.2, 0.25) is 0 Å². The Morgan fingerprint density at radius 2 is 1.89 bits per heavy atom. The van der Waals surface area contributed by atoms with Crippen molar-refractivity contribution in [2.75, 3.05) is 39.3 Å². The fourth-order valence-electron chi connectivity index (χ4n) is 2.31. The lowest BCUT2D eigenvalue weighted by Gasteiger charge is -2.21. The van der Waals surface area contributed by atoms with Gasteiger partial charge in [-0.05, 0) is 59.8 Å². The van der Waals surface area contributed by atoms with Crippen LogP contribution in [0.3, 0.4) is 0 Å². The van der Waals surface area contributed by atoms with Gasteiger partial charge in [0.15, 0.2) is 0 Å². The zero-order valence-corrected chi connectivity index (χ0v) is 13.0. The molecule has 1 N–H and O–H groups in total. The molecule has 0 spiro atoms. The summed E-state index contributed by atoms with van der Waals surface area (Å²) in [5, 5.41) is 8.97. The number of aliphatic hydroxyl groups excluding tert-OH is 1. The fraction of sp³-hybridized carbons (Fsp3) is 0.500. The smallest absolute Gasteiger partial charge is 0.253 e. The van der Waals surface area contributed by atoms with Gasteiger partial charge in [-0.15, -0.1) is 0 Å². The topological polar surface area (TPSA) is 43.8 Å². The van der Waals surface area contributed by atoms with Crippen LogP contribution in [0.15, 0.2) is 24.3 Å². The number of hydrogen-bond donors (Lipinski definition) is 1. The van der Waals surface area contributed by atoms with Gasteiger partial charge in [-0.2, -0.15) is 0 Å². The summed E-state index contributed by atoms with van der Waals surface area (Å²) in [6.45, 7) is 4.22. The number of benzene rings is 1. The molecule has 1 saturated heterocycles. The zero-order chi connectivity index (χ0) is 13.7. The summed E-state index contributed by atoms with van der Waals surface area (Å²) in [6.07, 6.45) is 0.968. The van der Waals surface area contributed by atoms with Crippen molar-refractivity contribution in [1.82, 2.24) is 9.80 Å². The summed E-state index contributed by atoms with van der Waals surface area (Å²) in [4.78, 5) is 16.5. The molecule has 1 aliphatic heterocycles. The van der Waals surface area contributed by atoms with Gasteiger partial charge in [0, 0.05) is 35.3 Å². The number of nitrogens with zero attached hydrogens (tertiary/aromatic N) is 2. The maximum absolute atomic E-state index is 12.4. The highest BCUT2D eigenvalue weighted by Crippen LogP contribution is 2.11. The molecule has 4 nitrogen and oxygen atoms in total. The van der Waals surface area contributed by atoms with E-state index in [9.17, 15) is 4.79 Å². The summed E-state index contributed by atoms with van der Waals surface area (Å²) in [5.74, 6) is 0.113. The van der Waals surface area contributed by atoms with Crippen molar-refractivity contribution >= 4 is 28.5 Å². The summed E-state index contributed by atoms with van der Waals surface area (Å²) in [5.41, 5.74) is 0.760. The molecule has 0 radical (unpaired) electrons. The lowest BCUT2D eigenvalue weighted by molar-refractivity contribution is 0.0760. The monoisotopic (exact) mass is 374 g/mol. The summed E-state index contributed by atoms with van der Waals surface area (Å²) in [6, 6.07) is 7.70. The highest BCUT2D eigenvalue weighted by Gasteiger charge is 2.19. The summed E-state index contributed by atoms with van der Waals surface area (Å²) < 4.78 is 1.14. The first-order chi connectivity index (χ1) is 9.20. The maximum atomic E-state index is 12.4. The van der Waals surface area contributed by atoms with Crippen LogP contribution >= 0.6 is 22.6 Å². The van der Waals surface area contributed by atoms with E-state index >= 15 is 0 Å². The van der Waals surface area contributed by atoms with Crippen molar-refractivity contribution in [2.24, 2.45) is 0 Å². The number of amides is 1. The molecular formula is C14H19IN2O2. The summed E-state index contributed by atoms with van der Waals surface area (Å²) in [7, 11) is 0. The molecule has 0 bridgehead atoms. The van der Waals surface area contributed by atoms with Crippen LogP contribution in [0.2, 0.25) is 0 Å². The average Bonchev–Trinajstić information content (AvgIpc) is 2.65. The van der Waals surface area contributed by atoms with Crippen molar-refractivity contribution < 1.29 is 9.90 Å². The lowest BCUT2D eigenvalue weighted by Crippen LogP contribution is -2.35. The number of rotatable bonds is 3. The second-order valence-electron chi connectivity index (χ2n) is 4.72. The minimum Gasteiger partial charge on any atom is -0.395 e. The van der Waals surface area contributed by atoms with Crippen LogP contribution in [-0.2, 0) is 0 Å². The van der Waals surface area contributed by atoms with E-state index in [1.807, 2.05) is 29.2 Å². The molecule has 0 aromatic heterocycles. The van der Waals surface area contributed by atoms with Gasteiger partial charge in [0.1, 0.15) is 0 Å². The first kappa shape index (κ1) is 14.7. The Morgan fingerprint density at radius 1 is 1.16 bits per heavy atom. The number of carbonyl (C=O) groups is 1. The molecule has 0 saturated carbocycles. The van der Waals surface area contributed by atoms with Gasteiger partial charge in [-0.1, -0.05) is 0 Å². The van der Waals surface area contributed by atoms with Gasteiger partial charge in [0.25, 0.3) is 5.91 Å². The molecule has 2 rings (SSSR count). The zero-order valence-electron chi connectivity index (χ0n) is 10.9. The molecule has 1 aromatic rings. The Balaban J connectivity index is 1.98. The molecule has 104 valence electrons. The normalized spacial score (nSPS) is 17.3. The highest BCUT2D eigenvalue weighted by molar-refractivity contribution is 14.1. The maximum Gasteiger partial charge on any atom is 0.253 e. The Hall–Kier alpha value is -0.660. The van der Waals surface area contributed by atoms with Crippen LogP contribution in [0.4, 0.5) is 0 Å². The minimum atomic E-state index is 0.113. The Morgan fingerprint density at radius 3 is 2.58 bits per heavy atom. The molecule has 0 atom stereocenters. The largest absolute Gasteiger partial charge is 0.395 e. The van der Waals surface area contributed by atoms with Gasteiger partial charge < -0.3 is 10.0 Å². The number of carbonyl (C=O) groups excluding carboxylic acids is 1. The third-order valence-corrected chi connectivity index (χ3v) is 4.10. The van der Waals surface area contributed by atoms with E-state index in [4.69, 9.17) is 5.11 Å². The standard InChI is InChI=1S/C14H19IN2O2/c15-13-4-2-12(3-5-13)14(19)17-7-1-6-16(8-9-17)10-11-18/h2-5,18H,1,6-11H2. The predicted octanol–water partition coefficient (Wildman–Crippen LogP) is 1.43. The Kier molecular flexibility index (Phi) is 5.59. The van der Waals surface area contributed by atoms with E-state index in [1.54, 1.807) is 0 Å². The van der Waals surface area contributed by atoms with E-state index in [-0.39, 0.29) is 12.5 Å². The van der Waals surface area contributed by atoms with Crippen LogP contribution in [0.5, 0.6) is 0 Å². The van der Waals surface area contributed by atoms with Crippen LogP contribution in [-0.4, -0.2) is 60.1 Å². The Bertz CT molecular complexity index is 422. The van der Waals surface area contributed by atoms with E-state index in [1.165, 1.54) is 0 Å². The van der Waals surface area contributed by atoms with Gasteiger partial charge >= 0.3 is 0 Å². The van der Waals surface area contributed by atoms with Crippen LogP contribution in [0.25, 0.3) is 0 Å². The van der Waals surface area contributed by atoms with E-state index in [0.717, 1.165) is 41.7 Å². The quantitative estimate of drug-likeness (QED) is 0.815. The molecule has 1 fully saturated rings. The van der Waals surface area contributed by atoms with Gasteiger partial charge in [0.05, 0.1) is 6.61 Å². The first-order valence-electron chi connectivity index (χ1n) is 6.59. The molecule has 1 aromatic carbocycles. The number of halogens is 1. The number of hydrogen-bond acceptors (Lipinski definition) is 3.